The summed E-state index contributed by atoms with van der Waals surface area (Å²) in [6.45, 7) is 1.64. The number of hydrogen-bond donors (Lipinski definition) is 2. The molecule has 3 N–H and O–H groups in total. The number of carboxylic acid groups (broad SMARTS) is 1. The monoisotopic (exact) mass is 197 g/mol. The zero-order valence-corrected chi connectivity index (χ0v) is 8.70. The van der Waals surface area contributed by atoms with Gasteiger partial charge in [-0.3, -0.25) is 0 Å². The van der Waals surface area contributed by atoms with Crippen molar-refractivity contribution in [2.24, 2.45) is 11.7 Å². The molecule has 1 rings (SSSR count). The van der Waals surface area contributed by atoms with Gasteiger partial charge in [0.15, 0.2) is 0 Å². The minimum absolute atomic E-state index is 0.326. The van der Waals surface area contributed by atoms with E-state index in [-0.39, 0.29) is 0 Å². The van der Waals surface area contributed by atoms with Crippen molar-refractivity contribution in [3.8, 4) is 0 Å². The predicted octanol–water partition coefficient (Wildman–Crippen LogP) is 1.92. The maximum atomic E-state index is 10.5. The molecule has 1 aliphatic rings. The first-order valence-electron chi connectivity index (χ1n) is 5.25. The Morgan fingerprint density at radius 1 is 1.57 bits per heavy atom. The van der Waals surface area contributed by atoms with Gasteiger partial charge in [0, 0.05) is 11.6 Å². The van der Waals surface area contributed by atoms with Gasteiger partial charge in [0.1, 0.15) is 0 Å². The van der Waals surface area contributed by atoms with Crippen LogP contribution in [0.1, 0.15) is 39.0 Å². The third-order valence-electron chi connectivity index (χ3n) is 2.92. The lowest BCUT2D eigenvalue weighted by Crippen LogP contribution is -2.27. The van der Waals surface area contributed by atoms with Crippen molar-refractivity contribution in [2.45, 2.75) is 45.1 Å². The fourth-order valence-electron chi connectivity index (χ4n) is 1.98. The first-order chi connectivity index (χ1) is 6.59. The SMILES string of the molecule is C/C(=C\CC1CCCC(N)C1)C(=O)O. The van der Waals surface area contributed by atoms with Crippen molar-refractivity contribution in [3.63, 3.8) is 0 Å². The summed E-state index contributed by atoms with van der Waals surface area (Å²) in [4.78, 5) is 10.5. The van der Waals surface area contributed by atoms with E-state index in [9.17, 15) is 4.79 Å². The minimum Gasteiger partial charge on any atom is -0.478 e. The average Bonchev–Trinajstić information content (AvgIpc) is 2.14. The van der Waals surface area contributed by atoms with E-state index in [0.717, 1.165) is 19.3 Å². The van der Waals surface area contributed by atoms with E-state index in [1.807, 2.05) is 6.08 Å². The van der Waals surface area contributed by atoms with Crippen molar-refractivity contribution < 1.29 is 9.90 Å². The van der Waals surface area contributed by atoms with Crippen molar-refractivity contribution in [1.29, 1.82) is 0 Å². The molecule has 0 saturated heterocycles. The summed E-state index contributed by atoms with van der Waals surface area (Å²) < 4.78 is 0. The molecule has 3 nitrogen and oxygen atoms in total. The Hall–Kier alpha value is -0.830. The molecule has 0 aliphatic heterocycles. The third kappa shape index (κ3) is 3.50. The molecule has 1 saturated carbocycles. The van der Waals surface area contributed by atoms with Crippen molar-refractivity contribution in [2.75, 3.05) is 0 Å². The van der Waals surface area contributed by atoms with Gasteiger partial charge < -0.3 is 10.8 Å². The Labute approximate surface area is 85.0 Å². The molecule has 0 aromatic carbocycles. The summed E-state index contributed by atoms with van der Waals surface area (Å²) in [6.07, 6.45) is 7.24. The number of carboxylic acids is 1. The highest BCUT2D eigenvalue weighted by Crippen LogP contribution is 2.26. The number of aliphatic carboxylic acids is 1. The molecule has 1 fully saturated rings. The van der Waals surface area contributed by atoms with Crippen LogP contribution in [0.15, 0.2) is 11.6 Å². The fourth-order valence-corrected chi connectivity index (χ4v) is 1.98. The zero-order valence-electron chi connectivity index (χ0n) is 8.70. The fraction of sp³-hybridized carbons (Fsp3) is 0.727. The average molecular weight is 197 g/mol. The molecule has 0 heterocycles. The van der Waals surface area contributed by atoms with Crippen molar-refractivity contribution in [3.05, 3.63) is 11.6 Å². The van der Waals surface area contributed by atoms with Crippen molar-refractivity contribution >= 4 is 5.97 Å². The second kappa shape index (κ2) is 5.15. The van der Waals surface area contributed by atoms with Gasteiger partial charge in [0.2, 0.25) is 0 Å². The van der Waals surface area contributed by atoms with Crippen LogP contribution in [-0.4, -0.2) is 17.1 Å². The summed E-state index contributed by atoms with van der Waals surface area (Å²) in [7, 11) is 0. The van der Waals surface area contributed by atoms with Crippen LogP contribution in [0.25, 0.3) is 0 Å². The first-order valence-corrected chi connectivity index (χ1v) is 5.25. The lowest BCUT2D eigenvalue weighted by molar-refractivity contribution is -0.132. The standard InChI is InChI=1S/C11H19NO2/c1-8(11(13)14)5-6-9-3-2-4-10(12)7-9/h5,9-10H,2-4,6-7,12H2,1H3,(H,13,14)/b8-5+. The lowest BCUT2D eigenvalue weighted by atomic mass is 9.84. The molecule has 80 valence electrons. The van der Waals surface area contributed by atoms with E-state index in [2.05, 4.69) is 0 Å². The zero-order chi connectivity index (χ0) is 10.6. The van der Waals surface area contributed by atoms with Crippen LogP contribution in [0.3, 0.4) is 0 Å². The minimum atomic E-state index is -0.815. The van der Waals surface area contributed by atoms with Crippen LogP contribution in [0, 0.1) is 5.92 Å². The first kappa shape index (κ1) is 11.2. The van der Waals surface area contributed by atoms with E-state index < -0.39 is 5.97 Å². The van der Waals surface area contributed by atoms with E-state index in [4.69, 9.17) is 10.8 Å². The van der Waals surface area contributed by atoms with Crippen LogP contribution in [0.4, 0.5) is 0 Å². The Balaban J connectivity index is 2.37. The normalized spacial score (nSPS) is 28.9. The van der Waals surface area contributed by atoms with Crippen LogP contribution in [-0.2, 0) is 4.79 Å². The molecular weight excluding hydrogens is 178 g/mol. The maximum Gasteiger partial charge on any atom is 0.330 e. The predicted molar refractivity (Wildman–Crippen MR) is 55.9 cm³/mol. The summed E-state index contributed by atoms with van der Waals surface area (Å²) in [5, 5.41) is 8.67. The van der Waals surface area contributed by atoms with Gasteiger partial charge >= 0.3 is 5.97 Å². The van der Waals surface area contributed by atoms with Gasteiger partial charge in [-0.15, -0.1) is 0 Å². The molecule has 0 amide bonds. The van der Waals surface area contributed by atoms with Gasteiger partial charge in [-0.25, -0.2) is 4.79 Å². The van der Waals surface area contributed by atoms with E-state index in [1.54, 1.807) is 6.92 Å². The Morgan fingerprint density at radius 2 is 2.29 bits per heavy atom. The molecule has 0 bridgehead atoms. The van der Waals surface area contributed by atoms with Crippen LogP contribution in [0.2, 0.25) is 0 Å². The molecule has 2 atom stereocenters. The van der Waals surface area contributed by atoms with E-state index in [1.165, 1.54) is 12.8 Å². The summed E-state index contributed by atoms with van der Waals surface area (Å²) in [5.74, 6) is -0.224. The third-order valence-corrected chi connectivity index (χ3v) is 2.92. The van der Waals surface area contributed by atoms with Gasteiger partial charge in [-0.2, -0.15) is 0 Å². The number of nitrogens with two attached hydrogens (primary N) is 1. The van der Waals surface area contributed by atoms with Gasteiger partial charge in [-0.05, 0) is 32.1 Å². The van der Waals surface area contributed by atoms with E-state index >= 15 is 0 Å². The van der Waals surface area contributed by atoms with E-state index in [0.29, 0.717) is 17.5 Å². The number of allylic oxidation sites excluding steroid dienone is 1. The van der Waals surface area contributed by atoms with Crippen LogP contribution in [0.5, 0.6) is 0 Å². The van der Waals surface area contributed by atoms with Crippen LogP contribution >= 0.6 is 0 Å². The number of rotatable bonds is 3. The van der Waals surface area contributed by atoms with Gasteiger partial charge in [-0.1, -0.05) is 18.9 Å². The van der Waals surface area contributed by atoms with Gasteiger partial charge in [0.25, 0.3) is 0 Å². The maximum absolute atomic E-state index is 10.5. The molecule has 0 radical (unpaired) electrons. The Kier molecular flexibility index (Phi) is 4.14. The van der Waals surface area contributed by atoms with Crippen molar-refractivity contribution in [1.82, 2.24) is 0 Å². The molecule has 0 aromatic rings. The highest BCUT2D eigenvalue weighted by molar-refractivity contribution is 5.85. The summed E-state index contributed by atoms with van der Waals surface area (Å²) >= 11 is 0. The molecule has 14 heavy (non-hydrogen) atoms. The summed E-state index contributed by atoms with van der Waals surface area (Å²) in [6, 6.07) is 0.326. The molecule has 1 aliphatic carbocycles. The second-order valence-corrected chi connectivity index (χ2v) is 4.22. The molecule has 0 spiro atoms. The Morgan fingerprint density at radius 3 is 2.86 bits per heavy atom. The quantitative estimate of drug-likeness (QED) is 0.679. The molecule has 3 heteroatoms. The molecule has 0 aromatic heterocycles. The largest absolute Gasteiger partial charge is 0.478 e. The lowest BCUT2D eigenvalue weighted by Gasteiger charge is -2.25. The smallest absolute Gasteiger partial charge is 0.330 e. The van der Waals surface area contributed by atoms with Crippen LogP contribution < -0.4 is 5.73 Å². The Bertz CT molecular complexity index is 235. The number of carbonyl (C=O) groups is 1. The number of hydrogen-bond acceptors (Lipinski definition) is 2. The highest BCUT2D eigenvalue weighted by atomic mass is 16.4. The second-order valence-electron chi connectivity index (χ2n) is 4.22. The topological polar surface area (TPSA) is 63.3 Å². The summed E-state index contributed by atoms with van der Waals surface area (Å²) in [5.41, 5.74) is 6.30. The highest BCUT2D eigenvalue weighted by Gasteiger charge is 2.18. The molecular formula is C11H19NO2. The van der Waals surface area contributed by atoms with Gasteiger partial charge in [0.05, 0.1) is 0 Å². The molecule has 2 unspecified atom stereocenters.